The van der Waals surface area contributed by atoms with Gasteiger partial charge in [-0.2, -0.15) is 0 Å². The van der Waals surface area contributed by atoms with E-state index >= 15 is 0 Å². The third-order valence-electron chi connectivity index (χ3n) is 2.95. The van der Waals surface area contributed by atoms with Gasteiger partial charge in [0.05, 0.1) is 5.56 Å². The standard InChI is InChI=1S/C17H16O2/c1-3-14-6-4-5-7-16(14)12-19-17-10-13(2)8-9-15(17)11-18/h3-11H,1,12H2,2H3. The lowest BCUT2D eigenvalue weighted by molar-refractivity contribution is 0.111. The number of hydrogen-bond donors (Lipinski definition) is 0. The number of carbonyl (C=O) groups is 1. The Labute approximate surface area is 113 Å². The molecule has 0 spiro atoms. The highest BCUT2D eigenvalue weighted by atomic mass is 16.5. The van der Waals surface area contributed by atoms with Crippen LogP contribution in [-0.2, 0) is 6.61 Å². The molecular weight excluding hydrogens is 236 g/mol. The summed E-state index contributed by atoms with van der Waals surface area (Å²) >= 11 is 0. The molecule has 0 atom stereocenters. The Morgan fingerprint density at radius 1 is 1.16 bits per heavy atom. The fourth-order valence-corrected chi connectivity index (χ4v) is 1.88. The Morgan fingerprint density at radius 3 is 2.68 bits per heavy atom. The van der Waals surface area contributed by atoms with Crippen LogP contribution in [0, 0.1) is 6.92 Å². The Bertz CT molecular complexity index is 600. The molecule has 2 rings (SSSR count). The van der Waals surface area contributed by atoms with Gasteiger partial charge < -0.3 is 4.74 Å². The third-order valence-corrected chi connectivity index (χ3v) is 2.95. The maximum absolute atomic E-state index is 11.0. The Morgan fingerprint density at radius 2 is 1.95 bits per heavy atom. The van der Waals surface area contributed by atoms with Gasteiger partial charge in [-0.25, -0.2) is 0 Å². The second-order valence-electron chi connectivity index (χ2n) is 4.35. The molecule has 2 aromatic rings. The maximum atomic E-state index is 11.0. The van der Waals surface area contributed by atoms with Crippen molar-refractivity contribution in [2.45, 2.75) is 13.5 Å². The van der Waals surface area contributed by atoms with E-state index in [-0.39, 0.29) is 0 Å². The van der Waals surface area contributed by atoms with Crippen LogP contribution in [0.15, 0.2) is 49.0 Å². The minimum absolute atomic E-state index is 0.423. The van der Waals surface area contributed by atoms with Crippen molar-refractivity contribution in [1.29, 1.82) is 0 Å². The highest BCUT2D eigenvalue weighted by Gasteiger charge is 2.05. The zero-order valence-electron chi connectivity index (χ0n) is 10.9. The smallest absolute Gasteiger partial charge is 0.153 e. The molecule has 2 heteroatoms. The minimum atomic E-state index is 0.423. The van der Waals surface area contributed by atoms with Crippen molar-refractivity contribution < 1.29 is 9.53 Å². The molecule has 0 aliphatic carbocycles. The summed E-state index contributed by atoms with van der Waals surface area (Å²) in [7, 11) is 0. The lowest BCUT2D eigenvalue weighted by Gasteiger charge is -2.11. The van der Waals surface area contributed by atoms with Crippen molar-refractivity contribution in [3.05, 3.63) is 71.3 Å². The van der Waals surface area contributed by atoms with Crippen molar-refractivity contribution in [3.63, 3.8) is 0 Å². The van der Waals surface area contributed by atoms with Gasteiger partial charge in [0.2, 0.25) is 0 Å². The van der Waals surface area contributed by atoms with Crippen LogP contribution >= 0.6 is 0 Å². The van der Waals surface area contributed by atoms with Crippen LogP contribution in [0.5, 0.6) is 5.75 Å². The molecule has 0 unspecified atom stereocenters. The van der Waals surface area contributed by atoms with Crippen LogP contribution in [0.3, 0.4) is 0 Å². The fourth-order valence-electron chi connectivity index (χ4n) is 1.88. The lowest BCUT2D eigenvalue weighted by atomic mass is 10.1. The number of carbonyl (C=O) groups excluding carboxylic acids is 1. The molecule has 0 aliphatic rings. The van der Waals surface area contributed by atoms with Crippen molar-refractivity contribution >= 4 is 12.4 Å². The number of aldehydes is 1. The predicted molar refractivity (Wildman–Crippen MR) is 77.4 cm³/mol. The van der Waals surface area contributed by atoms with Crippen LogP contribution in [0.25, 0.3) is 6.08 Å². The number of benzene rings is 2. The molecule has 0 saturated heterocycles. The molecular formula is C17H16O2. The van der Waals surface area contributed by atoms with Gasteiger partial charge in [-0.05, 0) is 35.7 Å². The third kappa shape index (κ3) is 3.10. The van der Waals surface area contributed by atoms with Gasteiger partial charge in [0, 0.05) is 0 Å². The molecule has 2 nitrogen and oxygen atoms in total. The summed E-state index contributed by atoms with van der Waals surface area (Å²) < 4.78 is 5.76. The molecule has 0 amide bonds. The van der Waals surface area contributed by atoms with E-state index in [1.54, 1.807) is 12.1 Å². The summed E-state index contributed by atoms with van der Waals surface area (Å²) in [5.41, 5.74) is 3.73. The van der Waals surface area contributed by atoms with E-state index in [1.807, 2.05) is 43.3 Å². The maximum Gasteiger partial charge on any atom is 0.153 e. The zero-order valence-corrected chi connectivity index (χ0v) is 10.9. The Balaban J connectivity index is 2.20. The number of rotatable bonds is 5. The van der Waals surface area contributed by atoms with Gasteiger partial charge in [0.25, 0.3) is 0 Å². The van der Waals surface area contributed by atoms with Crippen LogP contribution in [-0.4, -0.2) is 6.29 Å². The van der Waals surface area contributed by atoms with Gasteiger partial charge >= 0.3 is 0 Å². The minimum Gasteiger partial charge on any atom is -0.488 e. The van der Waals surface area contributed by atoms with Gasteiger partial charge in [-0.3, -0.25) is 4.79 Å². The fraction of sp³-hybridized carbons (Fsp3) is 0.118. The molecule has 0 aliphatic heterocycles. The second-order valence-corrected chi connectivity index (χ2v) is 4.35. The quantitative estimate of drug-likeness (QED) is 0.751. The molecule has 19 heavy (non-hydrogen) atoms. The second kappa shape index (κ2) is 6.01. The monoisotopic (exact) mass is 252 g/mol. The first-order chi connectivity index (χ1) is 9.24. The van der Waals surface area contributed by atoms with Gasteiger partial charge in [-0.1, -0.05) is 43.0 Å². The van der Waals surface area contributed by atoms with Gasteiger partial charge in [-0.15, -0.1) is 0 Å². The SMILES string of the molecule is C=Cc1ccccc1COc1cc(C)ccc1C=O. The molecule has 96 valence electrons. The van der Waals surface area contributed by atoms with E-state index in [4.69, 9.17) is 4.74 Å². The number of ether oxygens (including phenoxy) is 1. The normalized spacial score (nSPS) is 9.95. The van der Waals surface area contributed by atoms with Crippen molar-refractivity contribution in [1.82, 2.24) is 0 Å². The highest BCUT2D eigenvalue weighted by molar-refractivity contribution is 5.79. The van der Waals surface area contributed by atoms with Crippen molar-refractivity contribution in [3.8, 4) is 5.75 Å². The molecule has 2 aromatic carbocycles. The zero-order chi connectivity index (χ0) is 13.7. The van der Waals surface area contributed by atoms with E-state index in [0.29, 0.717) is 17.9 Å². The summed E-state index contributed by atoms with van der Waals surface area (Å²) in [6.45, 7) is 6.18. The summed E-state index contributed by atoms with van der Waals surface area (Å²) in [4.78, 5) is 11.0. The molecule has 0 saturated carbocycles. The lowest BCUT2D eigenvalue weighted by Crippen LogP contribution is -2.00. The first-order valence-corrected chi connectivity index (χ1v) is 6.13. The van der Waals surface area contributed by atoms with Crippen LogP contribution in [0.4, 0.5) is 0 Å². The van der Waals surface area contributed by atoms with Gasteiger partial charge in [0.1, 0.15) is 12.4 Å². The molecule has 0 aromatic heterocycles. The Hall–Kier alpha value is -2.35. The van der Waals surface area contributed by atoms with Gasteiger partial charge in [0.15, 0.2) is 6.29 Å². The average molecular weight is 252 g/mol. The van der Waals surface area contributed by atoms with E-state index in [2.05, 4.69) is 6.58 Å². The first-order valence-electron chi connectivity index (χ1n) is 6.13. The van der Waals surface area contributed by atoms with E-state index in [9.17, 15) is 4.79 Å². The largest absolute Gasteiger partial charge is 0.488 e. The van der Waals surface area contributed by atoms with Crippen LogP contribution in [0.2, 0.25) is 0 Å². The molecule has 0 radical (unpaired) electrons. The summed E-state index contributed by atoms with van der Waals surface area (Å²) in [5, 5.41) is 0. The summed E-state index contributed by atoms with van der Waals surface area (Å²) in [6, 6.07) is 13.5. The predicted octanol–water partition coefficient (Wildman–Crippen LogP) is 4.03. The Kier molecular flexibility index (Phi) is 4.14. The average Bonchev–Trinajstić information content (AvgIpc) is 2.45. The summed E-state index contributed by atoms with van der Waals surface area (Å²) in [6.07, 6.45) is 2.61. The van der Waals surface area contributed by atoms with Crippen LogP contribution < -0.4 is 4.74 Å². The first kappa shape index (κ1) is 13.1. The molecule has 0 N–H and O–H groups in total. The number of hydrogen-bond acceptors (Lipinski definition) is 2. The number of aryl methyl sites for hydroxylation is 1. The van der Waals surface area contributed by atoms with Crippen molar-refractivity contribution in [2.75, 3.05) is 0 Å². The molecule has 0 fully saturated rings. The van der Waals surface area contributed by atoms with Crippen LogP contribution in [0.1, 0.15) is 27.0 Å². The summed E-state index contributed by atoms with van der Waals surface area (Å²) in [5.74, 6) is 0.619. The van der Waals surface area contributed by atoms with Crippen molar-refractivity contribution in [2.24, 2.45) is 0 Å². The van der Waals surface area contributed by atoms with E-state index in [0.717, 1.165) is 23.0 Å². The molecule has 0 heterocycles. The highest BCUT2D eigenvalue weighted by Crippen LogP contribution is 2.21. The topological polar surface area (TPSA) is 26.3 Å². The van der Waals surface area contributed by atoms with E-state index in [1.165, 1.54) is 0 Å². The van der Waals surface area contributed by atoms with E-state index < -0.39 is 0 Å². The molecule has 0 bridgehead atoms.